The summed E-state index contributed by atoms with van der Waals surface area (Å²) in [7, 11) is 0. The number of carbonyl (C=O) groups excluding carboxylic acids is 1. The van der Waals surface area contributed by atoms with E-state index in [0.717, 1.165) is 54.4 Å². The van der Waals surface area contributed by atoms with Crippen LogP contribution < -0.4 is 5.32 Å². The molecule has 1 fully saturated rings. The number of nitrogens with zero attached hydrogens (tertiary/aromatic N) is 3. The molecule has 5 nitrogen and oxygen atoms in total. The molecule has 0 spiro atoms. The minimum atomic E-state index is 0.112. The predicted molar refractivity (Wildman–Crippen MR) is 125 cm³/mol. The molecule has 4 rings (SSSR count). The van der Waals surface area contributed by atoms with E-state index in [-0.39, 0.29) is 17.9 Å². The van der Waals surface area contributed by atoms with Gasteiger partial charge in [0, 0.05) is 40.9 Å². The molecule has 2 heterocycles. The highest BCUT2D eigenvalue weighted by Crippen LogP contribution is 2.28. The van der Waals surface area contributed by atoms with Crippen LogP contribution in [0.2, 0.25) is 5.02 Å². The molecule has 162 valence electrons. The molecule has 0 radical (unpaired) electrons. The lowest BCUT2D eigenvalue weighted by Crippen LogP contribution is -2.42. The van der Waals surface area contributed by atoms with Crippen LogP contribution in [0, 0.1) is 5.92 Å². The highest BCUT2D eigenvalue weighted by atomic mass is 35.5. The van der Waals surface area contributed by atoms with Crippen molar-refractivity contribution in [3.63, 3.8) is 0 Å². The van der Waals surface area contributed by atoms with Crippen molar-refractivity contribution < 1.29 is 4.79 Å². The Labute approximate surface area is 189 Å². The smallest absolute Gasteiger partial charge is 0.223 e. The molecular formula is C25H29ClN4O. The first kappa shape index (κ1) is 21.6. The summed E-state index contributed by atoms with van der Waals surface area (Å²) in [5, 5.41) is 8.67. The van der Waals surface area contributed by atoms with Gasteiger partial charge in [0.15, 0.2) is 0 Å². The third kappa shape index (κ3) is 5.35. The van der Waals surface area contributed by atoms with Gasteiger partial charge in [-0.3, -0.25) is 9.69 Å². The lowest BCUT2D eigenvalue weighted by Gasteiger charge is -2.31. The van der Waals surface area contributed by atoms with E-state index in [9.17, 15) is 4.79 Å². The fourth-order valence-corrected chi connectivity index (χ4v) is 4.21. The first-order valence-corrected chi connectivity index (χ1v) is 11.3. The lowest BCUT2D eigenvalue weighted by molar-refractivity contribution is -0.127. The van der Waals surface area contributed by atoms with Crippen molar-refractivity contribution in [3.05, 3.63) is 71.4 Å². The van der Waals surface area contributed by atoms with Gasteiger partial charge in [-0.1, -0.05) is 41.9 Å². The molecule has 31 heavy (non-hydrogen) atoms. The van der Waals surface area contributed by atoms with Crippen molar-refractivity contribution in [3.8, 4) is 16.9 Å². The van der Waals surface area contributed by atoms with Gasteiger partial charge in [-0.15, -0.1) is 0 Å². The lowest BCUT2D eigenvalue weighted by atomic mass is 9.95. The third-order valence-corrected chi connectivity index (χ3v) is 5.96. The zero-order valence-corrected chi connectivity index (χ0v) is 18.8. The molecule has 1 N–H and O–H groups in total. The number of aromatic nitrogens is 2. The van der Waals surface area contributed by atoms with E-state index in [2.05, 4.69) is 28.5 Å². The summed E-state index contributed by atoms with van der Waals surface area (Å²) in [4.78, 5) is 14.8. The zero-order valence-electron chi connectivity index (χ0n) is 18.1. The molecule has 0 bridgehead atoms. The Balaban J connectivity index is 1.53. The van der Waals surface area contributed by atoms with Crippen LogP contribution in [0.1, 0.15) is 32.3 Å². The Morgan fingerprint density at radius 2 is 1.77 bits per heavy atom. The minimum absolute atomic E-state index is 0.112. The third-order valence-electron chi connectivity index (χ3n) is 5.71. The molecule has 0 saturated carbocycles. The van der Waals surface area contributed by atoms with Crippen molar-refractivity contribution >= 4 is 17.5 Å². The average Bonchev–Trinajstić information content (AvgIpc) is 3.18. The second-order valence-corrected chi connectivity index (χ2v) is 8.94. The summed E-state index contributed by atoms with van der Waals surface area (Å²) in [6, 6.07) is 18.2. The maximum Gasteiger partial charge on any atom is 0.223 e. The monoisotopic (exact) mass is 436 g/mol. The number of nitrogens with one attached hydrogen (secondary N) is 1. The van der Waals surface area contributed by atoms with Crippen molar-refractivity contribution in [1.29, 1.82) is 0 Å². The number of likely N-dealkylation sites (tertiary alicyclic amines) is 1. The number of amides is 1. The van der Waals surface area contributed by atoms with E-state index in [1.807, 2.05) is 61.0 Å². The van der Waals surface area contributed by atoms with Gasteiger partial charge in [0.2, 0.25) is 5.91 Å². The number of hydrogen-bond acceptors (Lipinski definition) is 3. The first-order valence-electron chi connectivity index (χ1n) is 10.9. The number of piperidine rings is 1. The fraction of sp³-hybridized carbons (Fsp3) is 0.360. The van der Waals surface area contributed by atoms with E-state index in [0.29, 0.717) is 0 Å². The Bertz CT molecular complexity index is 1010. The normalized spacial score (nSPS) is 15.4. The molecule has 0 aliphatic carbocycles. The van der Waals surface area contributed by atoms with Crippen LogP contribution in [0.15, 0.2) is 60.8 Å². The molecule has 1 aliphatic rings. The largest absolute Gasteiger partial charge is 0.354 e. The number of rotatable bonds is 6. The SMILES string of the molecule is CC(C)NC(=O)C1CCN(Cc2cn(-c3ccccc3)nc2-c2ccc(Cl)cc2)CC1. The number of carbonyl (C=O) groups is 1. The highest BCUT2D eigenvalue weighted by molar-refractivity contribution is 6.30. The molecule has 0 atom stereocenters. The zero-order chi connectivity index (χ0) is 21.8. The molecule has 3 aromatic rings. The number of hydrogen-bond donors (Lipinski definition) is 1. The average molecular weight is 437 g/mol. The first-order chi connectivity index (χ1) is 15.0. The van der Waals surface area contributed by atoms with Gasteiger partial charge < -0.3 is 5.32 Å². The topological polar surface area (TPSA) is 50.2 Å². The Kier molecular flexibility index (Phi) is 6.73. The van der Waals surface area contributed by atoms with E-state index in [1.54, 1.807) is 0 Å². The highest BCUT2D eigenvalue weighted by Gasteiger charge is 2.26. The van der Waals surface area contributed by atoms with Crippen LogP contribution in [0.4, 0.5) is 0 Å². The molecule has 6 heteroatoms. The number of halogens is 1. The van der Waals surface area contributed by atoms with E-state index >= 15 is 0 Å². The standard InChI is InChI=1S/C25H29ClN4O/c1-18(2)27-25(31)20-12-14-29(15-13-20)16-21-17-30(23-6-4-3-5-7-23)28-24(21)19-8-10-22(26)11-9-19/h3-11,17-18,20H,12-16H2,1-2H3,(H,27,31). The summed E-state index contributed by atoms with van der Waals surface area (Å²) < 4.78 is 1.95. The Morgan fingerprint density at radius 3 is 2.42 bits per heavy atom. The quantitative estimate of drug-likeness (QED) is 0.596. The van der Waals surface area contributed by atoms with Crippen molar-refractivity contribution in [2.45, 2.75) is 39.3 Å². The van der Waals surface area contributed by atoms with Gasteiger partial charge in [-0.05, 0) is 64.0 Å². The van der Waals surface area contributed by atoms with Gasteiger partial charge in [0.05, 0.1) is 11.4 Å². The van der Waals surface area contributed by atoms with Gasteiger partial charge in [0.1, 0.15) is 0 Å². The van der Waals surface area contributed by atoms with E-state index in [4.69, 9.17) is 16.7 Å². The maximum atomic E-state index is 12.3. The fourth-order valence-electron chi connectivity index (χ4n) is 4.09. The van der Waals surface area contributed by atoms with Crippen LogP contribution in [0.5, 0.6) is 0 Å². The predicted octanol–water partition coefficient (Wildman–Crippen LogP) is 4.93. The summed E-state index contributed by atoms with van der Waals surface area (Å²) in [6.45, 7) is 6.65. The van der Waals surface area contributed by atoms with Crippen LogP contribution in [0.25, 0.3) is 16.9 Å². The summed E-state index contributed by atoms with van der Waals surface area (Å²) >= 11 is 6.10. The van der Waals surface area contributed by atoms with Crippen LogP contribution >= 0.6 is 11.6 Å². The summed E-state index contributed by atoms with van der Waals surface area (Å²) in [5.74, 6) is 0.301. The van der Waals surface area contributed by atoms with Gasteiger partial charge in [-0.25, -0.2) is 4.68 Å². The maximum absolute atomic E-state index is 12.3. The van der Waals surface area contributed by atoms with Crippen LogP contribution in [-0.2, 0) is 11.3 Å². The molecule has 2 aromatic carbocycles. The second-order valence-electron chi connectivity index (χ2n) is 8.50. The molecule has 0 unspecified atom stereocenters. The minimum Gasteiger partial charge on any atom is -0.354 e. The van der Waals surface area contributed by atoms with Crippen molar-refractivity contribution in [2.24, 2.45) is 5.92 Å². The second kappa shape index (κ2) is 9.67. The van der Waals surface area contributed by atoms with Crippen LogP contribution in [0.3, 0.4) is 0 Å². The Morgan fingerprint density at radius 1 is 1.10 bits per heavy atom. The van der Waals surface area contributed by atoms with Crippen molar-refractivity contribution in [2.75, 3.05) is 13.1 Å². The van der Waals surface area contributed by atoms with E-state index < -0.39 is 0 Å². The van der Waals surface area contributed by atoms with E-state index in [1.165, 1.54) is 5.56 Å². The summed E-state index contributed by atoms with van der Waals surface area (Å²) in [6.07, 6.45) is 3.90. The number of para-hydroxylation sites is 1. The number of benzene rings is 2. The molecule has 1 aromatic heterocycles. The van der Waals surface area contributed by atoms with Crippen LogP contribution in [-0.4, -0.2) is 39.7 Å². The summed E-state index contributed by atoms with van der Waals surface area (Å²) in [5.41, 5.74) is 4.24. The molecule has 1 saturated heterocycles. The van der Waals surface area contributed by atoms with Gasteiger partial charge in [0.25, 0.3) is 0 Å². The molecular weight excluding hydrogens is 408 g/mol. The van der Waals surface area contributed by atoms with Gasteiger partial charge >= 0.3 is 0 Å². The molecule has 1 aliphatic heterocycles. The van der Waals surface area contributed by atoms with Crippen molar-refractivity contribution in [1.82, 2.24) is 20.0 Å². The Hall–Kier alpha value is -2.63. The van der Waals surface area contributed by atoms with Gasteiger partial charge in [-0.2, -0.15) is 5.10 Å². The molecule has 1 amide bonds.